The van der Waals surface area contributed by atoms with E-state index in [4.69, 9.17) is 10.4 Å². The number of nitrogens with zero attached hydrogens (tertiary/aromatic N) is 2. The van der Waals surface area contributed by atoms with Gasteiger partial charge in [-0.15, -0.1) is 0 Å². The zero-order valence-corrected chi connectivity index (χ0v) is 9.39. The van der Waals surface area contributed by atoms with Crippen LogP contribution in [0.3, 0.4) is 0 Å². The van der Waals surface area contributed by atoms with Crippen molar-refractivity contribution in [2.75, 3.05) is 0 Å². The molecular weight excluding hydrogens is 280 g/mol. The topological polar surface area (TPSA) is 104 Å². The third-order valence-electron chi connectivity index (χ3n) is 1.84. The van der Waals surface area contributed by atoms with E-state index in [1.165, 1.54) is 12.1 Å². The van der Waals surface area contributed by atoms with Crippen LogP contribution in [0.4, 0.5) is 5.69 Å². The molecule has 0 aromatic heterocycles. The van der Waals surface area contributed by atoms with Gasteiger partial charge in [-0.25, -0.2) is 0 Å². The molecule has 0 aliphatic heterocycles. The number of hydrogen-bond donors (Lipinski definition) is 1. The summed E-state index contributed by atoms with van der Waals surface area (Å²) in [5.74, 6) is -1.10. The minimum atomic E-state index is -1.10. The van der Waals surface area contributed by atoms with Gasteiger partial charge in [0.05, 0.1) is 11.3 Å². The molecule has 0 unspecified atom stereocenters. The minimum absolute atomic E-state index is 0.0407. The van der Waals surface area contributed by atoms with E-state index >= 15 is 0 Å². The molecule has 1 rings (SSSR count). The molecule has 0 spiro atoms. The number of benzene rings is 1. The Morgan fingerprint density at radius 3 is 2.69 bits per heavy atom. The first-order valence-corrected chi connectivity index (χ1v) is 4.84. The summed E-state index contributed by atoms with van der Waals surface area (Å²) in [5.41, 5.74) is -0.245. The van der Waals surface area contributed by atoms with Crippen LogP contribution in [0.25, 0.3) is 0 Å². The molecule has 0 fully saturated rings. The monoisotopic (exact) mass is 284 g/mol. The average molecular weight is 285 g/mol. The zero-order chi connectivity index (χ0) is 12.3. The smallest absolute Gasteiger partial charge is 0.307 e. The quantitative estimate of drug-likeness (QED) is 0.674. The Labute approximate surface area is 98.4 Å². The number of carbonyl (C=O) groups is 1. The van der Waals surface area contributed by atoms with Crippen LogP contribution in [-0.4, -0.2) is 16.0 Å². The molecule has 7 heteroatoms. The predicted octanol–water partition coefficient (Wildman–Crippen LogP) is 1.86. The summed E-state index contributed by atoms with van der Waals surface area (Å²) in [6, 6.07) is 4.30. The lowest BCUT2D eigenvalue weighted by atomic mass is 10.1. The van der Waals surface area contributed by atoms with Gasteiger partial charge in [0, 0.05) is 0 Å². The van der Waals surface area contributed by atoms with Crippen LogP contribution in [0, 0.1) is 21.4 Å². The molecule has 0 atom stereocenters. The van der Waals surface area contributed by atoms with E-state index in [0.717, 1.165) is 0 Å². The van der Waals surface area contributed by atoms with Crippen molar-refractivity contribution in [2.24, 2.45) is 0 Å². The number of nitriles is 1. The Morgan fingerprint density at radius 2 is 2.25 bits per heavy atom. The summed E-state index contributed by atoms with van der Waals surface area (Å²) in [5, 5.41) is 28.0. The second-order valence-electron chi connectivity index (χ2n) is 2.87. The van der Waals surface area contributed by atoms with Crippen molar-refractivity contribution in [2.45, 2.75) is 6.42 Å². The fourth-order valence-electron chi connectivity index (χ4n) is 1.17. The van der Waals surface area contributed by atoms with Crippen molar-refractivity contribution in [3.05, 3.63) is 37.8 Å². The summed E-state index contributed by atoms with van der Waals surface area (Å²) in [4.78, 5) is 20.5. The Kier molecular flexibility index (Phi) is 3.58. The Hall–Kier alpha value is -1.94. The van der Waals surface area contributed by atoms with Gasteiger partial charge in [-0.3, -0.25) is 14.9 Å². The Bertz CT molecular complexity index is 507. The van der Waals surface area contributed by atoms with E-state index in [-0.39, 0.29) is 22.0 Å². The standard InChI is InChI=1S/C9H5BrN2O4/c10-8-5(3-7(13)14)1-2-6(4-11)9(8)12(15)16/h1-2H,3H2,(H,13,14). The zero-order valence-electron chi connectivity index (χ0n) is 7.81. The van der Waals surface area contributed by atoms with Gasteiger partial charge in [0.1, 0.15) is 16.1 Å². The predicted molar refractivity (Wildman–Crippen MR) is 56.9 cm³/mol. The molecule has 0 saturated heterocycles. The second kappa shape index (κ2) is 4.72. The van der Waals surface area contributed by atoms with Gasteiger partial charge in [0.25, 0.3) is 0 Å². The van der Waals surface area contributed by atoms with Crippen molar-refractivity contribution < 1.29 is 14.8 Å². The molecule has 0 aliphatic rings. The van der Waals surface area contributed by atoms with E-state index in [0.29, 0.717) is 0 Å². The maximum Gasteiger partial charge on any atom is 0.307 e. The number of hydrogen-bond acceptors (Lipinski definition) is 4. The molecule has 82 valence electrons. The lowest BCUT2D eigenvalue weighted by molar-refractivity contribution is -0.386. The van der Waals surface area contributed by atoms with Crippen LogP contribution < -0.4 is 0 Å². The van der Waals surface area contributed by atoms with Crippen molar-refractivity contribution >= 4 is 27.6 Å². The van der Waals surface area contributed by atoms with Crippen LogP contribution >= 0.6 is 15.9 Å². The first kappa shape index (κ1) is 12.1. The fourth-order valence-corrected chi connectivity index (χ4v) is 1.81. The molecule has 0 radical (unpaired) electrons. The van der Waals surface area contributed by atoms with Crippen molar-refractivity contribution in [1.82, 2.24) is 0 Å². The summed E-state index contributed by atoms with van der Waals surface area (Å²) in [6.07, 6.45) is -0.340. The van der Waals surface area contributed by atoms with Crippen molar-refractivity contribution in [3.63, 3.8) is 0 Å². The lowest BCUT2D eigenvalue weighted by Crippen LogP contribution is -2.03. The van der Waals surface area contributed by atoms with Crippen LogP contribution in [0.15, 0.2) is 16.6 Å². The maximum absolute atomic E-state index is 10.7. The molecule has 0 aliphatic carbocycles. The highest BCUT2D eigenvalue weighted by molar-refractivity contribution is 9.10. The number of nitro benzene ring substituents is 1. The first-order valence-electron chi connectivity index (χ1n) is 4.05. The number of carboxylic acid groups (broad SMARTS) is 1. The molecule has 0 heterocycles. The summed E-state index contributed by atoms with van der Waals surface area (Å²) in [6.45, 7) is 0. The normalized spacial score (nSPS) is 9.50. The third kappa shape index (κ3) is 2.35. The lowest BCUT2D eigenvalue weighted by Gasteiger charge is -2.03. The van der Waals surface area contributed by atoms with Crippen LogP contribution in [-0.2, 0) is 11.2 Å². The summed E-state index contributed by atoms with van der Waals surface area (Å²) >= 11 is 2.95. The van der Waals surface area contributed by atoms with Crippen LogP contribution in [0.2, 0.25) is 0 Å². The van der Waals surface area contributed by atoms with Crippen LogP contribution in [0.1, 0.15) is 11.1 Å². The number of carboxylic acids is 1. The van der Waals surface area contributed by atoms with Crippen LogP contribution in [0.5, 0.6) is 0 Å². The molecular formula is C9H5BrN2O4. The first-order chi connectivity index (χ1) is 7.47. The molecule has 1 aromatic rings. The van der Waals surface area contributed by atoms with Gasteiger partial charge < -0.3 is 5.11 Å². The molecule has 1 aromatic carbocycles. The van der Waals surface area contributed by atoms with Gasteiger partial charge in [-0.05, 0) is 27.6 Å². The van der Waals surface area contributed by atoms with Crippen molar-refractivity contribution in [1.29, 1.82) is 5.26 Å². The largest absolute Gasteiger partial charge is 0.481 e. The van der Waals surface area contributed by atoms with Gasteiger partial charge in [-0.2, -0.15) is 5.26 Å². The number of aliphatic carboxylic acids is 1. The highest BCUT2D eigenvalue weighted by atomic mass is 79.9. The van der Waals surface area contributed by atoms with Gasteiger partial charge >= 0.3 is 11.7 Å². The van der Waals surface area contributed by atoms with Crippen molar-refractivity contribution in [3.8, 4) is 6.07 Å². The van der Waals surface area contributed by atoms with E-state index in [1.807, 2.05) is 0 Å². The van der Waals surface area contributed by atoms with E-state index < -0.39 is 16.6 Å². The third-order valence-corrected chi connectivity index (χ3v) is 2.73. The van der Waals surface area contributed by atoms with Gasteiger partial charge in [-0.1, -0.05) is 6.07 Å². The second-order valence-corrected chi connectivity index (χ2v) is 3.67. The molecule has 16 heavy (non-hydrogen) atoms. The van der Waals surface area contributed by atoms with Gasteiger partial charge in [0.2, 0.25) is 0 Å². The van der Waals surface area contributed by atoms with E-state index in [9.17, 15) is 14.9 Å². The minimum Gasteiger partial charge on any atom is -0.481 e. The number of nitro groups is 1. The average Bonchev–Trinajstić information content (AvgIpc) is 2.19. The van der Waals surface area contributed by atoms with E-state index in [2.05, 4.69) is 15.9 Å². The number of halogens is 1. The molecule has 0 saturated carbocycles. The highest BCUT2D eigenvalue weighted by Crippen LogP contribution is 2.32. The summed E-state index contributed by atoms with van der Waals surface area (Å²) in [7, 11) is 0. The van der Waals surface area contributed by atoms with E-state index in [1.54, 1.807) is 6.07 Å². The maximum atomic E-state index is 10.7. The van der Waals surface area contributed by atoms with Gasteiger partial charge in [0.15, 0.2) is 0 Å². The molecule has 6 nitrogen and oxygen atoms in total. The molecule has 0 amide bonds. The highest BCUT2D eigenvalue weighted by Gasteiger charge is 2.22. The SMILES string of the molecule is N#Cc1ccc(CC(=O)O)c(Br)c1[N+](=O)[O-]. The number of rotatable bonds is 3. The summed E-state index contributed by atoms with van der Waals surface area (Å²) < 4.78 is 0.0407. The Morgan fingerprint density at radius 1 is 1.62 bits per heavy atom. The molecule has 1 N–H and O–H groups in total. The fraction of sp³-hybridized carbons (Fsp3) is 0.111. The molecule has 0 bridgehead atoms. The Balaban J connectivity index is 3.39.